The Morgan fingerprint density at radius 1 is 1.60 bits per heavy atom. The molecule has 0 radical (unpaired) electrons. The van der Waals surface area contributed by atoms with Gasteiger partial charge in [-0.2, -0.15) is 0 Å². The molecular weight excluding hydrogens is 124 g/mol. The van der Waals surface area contributed by atoms with Crippen molar-refractivity contribution in [1.82, 2.24) is 0 Å². The Hall–Kier alpha value is -0.560. The molecule has 2 unspecified atom stereocenters. The molecule has 2 rings (SSSR count). The number of rotatable bonds is 0. The van der Waals surface area contributed by atoms with Crippen molar-refractivity contribution < 1.29 is 4.74 Å². The van der Waals surface area contributed by atoms with Gasteiger partial charge in [-0.05, 0) is 11.5 Å². The second-order valence-corrected chi connectivity index (χ2v) is 3.11. The van der Waals surface area contributed by atoms with Crippen molar-refractivity contribution in [2.45, 2.75) is 6.92 Å². The van der Waals surface area contributed by atoms with Crippen molar-refractivity contribution in [3.05, 3.63) is 23.8 Å². The van der Waals surface area contributed by atoms with E-state index < -0.39 is 0 Å². The third kappa shape index (κ3) is 0.816. The number of hydrogen-bond donors (Lipinski definition) is 0. The van der Waals surface area contributed by atoms with Gasteiger partial charge in [-0.1, -0.05) is 25.2 Å². The molecule has 1 heteroatoms. The van der Waals surface area contributed by atoms with E-state index in [-0.39, 0.29) is 0 Å². The smallest absolute Gasteiger partial charge is 0.0683 e. The van der Waals surface area contributed by atoms with Crippen LogP contribution in [0.15, 0.2) is 23.8 Å². The lowest BCUT2D eigenvalue weighted by molar-refractivity contribution is 0.181. The molecule has 1 heterocycles. The monoisotopic (exact) mass is 136 g/mol. The fraction of sp³-hybridized carbons (Fsp3) is 0.556. The maximum atomic E-state index is 5.35. The third-order valence-electron chi connectivity index (χ3n) is 2.40. The molecule has 0 N–H and O–H groups in total. The lowest BCUT2D eigenvalue weighted by atomic mass is 9.86. The molecular formula is C9H12O. The number of hydrogen-bond acceptors (Lipinski definition) is 1. The molecule has 0 saturated carbocycles. The Balaban J connectivity index is 2.25. The predicted octanol–water partition coefficient (Wildman–Crippen LogP) is 1.77. The Morgan fingerprint density at radius 2 is 2.50 bits per heavy atom. The largest absolute Gasteiger partial charge is 0.376 e. The van der Waals surface area contributed by atoms with Gasteiger partial charge in [0.1, 0.15) is 0 Å². The summed E-state index contributed by atoms with van der Waals surface area (Å²) in [6.45, 7) is 4.04. The molecule has 0 aromatic rings. The third-order valence-corrected chi connectivity index (χ3v) is 2.40. The van der Waals surface area contributed by atoms with Crippen LogP contribution in [-0.4, -0.2) is 13.2 Å². The highest BCUT2D eigenvalue weighted by molar-refractivity contribution is 5.25. The van der Waals surface area contributed by atoms with E-state index in [0.717, 1.165) is 13.2 Å². The standard InChI is InChI=1S/C9H12O/c1-7-3-2-4-8-5-10-6-9(7)8/h2-4,7,9H,5-6H2,1H3. The predicted molar refractivity (Wildman–Crippen MR) is 40.7 cm³/mol. The van der Waals surface area contributed by atoms with E-state index in [4.69, 9.17) is 4.74 Å². The fourth-order valence-corrected chi connectivity index (χ4v) is 1.67. The van der Waals surface area contributed by atoms with Crippen LogP contribution in [0.25, 0.3) is 0 Å². The van der Waals surface area contributed by atoms with Crippen molar-refractivity contribution in [2.75, 3.05) is 13.2 Å². The van der Waals surface area contributed by atoms with E-state index in [1.54, 1.807) is 0 Å². The molecule has 1 nitrogen and oxygen atoms in total. The van der Waals surface area contributed by atoms with Crippen LogP contribution in [0.2, 0.25) is 0 Å². The van der Waals surface area contributed by atoms with Crippen molar-refractivity contribution in [3.8, 4) is 0 Å². The first-order valence-electron chi connectivity index (χ1n) is 3.83. The van der Waals surface area contributed by atoms with Crippen LogP contribution in [0.4, 0.5) is 0 Å². The highest BCUT2D eigenvalue weighted by Gasteiger charge is 2.26. The zero-order chi connectivity index (χ0) is 6.97. The molecule has 2 aliphatic rings. The fourth-order valence-electron chi connectivity index (χ4n) is 1.67. The summed E-state index contributed by atoms with van der Waals surface area (Å²) < 4.78 is 5.35. The van der Waals surface area contributed by atoms with Gasteiger partial charge in [0.15, 0.2) is 0 Å². The molecule has 0 spiro atoms. The second kappa shape index (κ2) is 2.24. The van der Waals surface area contributed by atoms with Gasteiger partial charge < -0.3 is 4.74 Å². The first-order valence-corrected chi connectivity index (χ1v) is 3.83. The van der Waals surface area contributed by atoms with Crippen LogP contribution in [0.3, 0.4) is 0 Å². The van der Waals surface area contributed by atoms with Gasteiger partial charge in [-0.3, -0.25) is 0 Å². The Bertz CT molecular complexity index is 191. The molecule has 54 valence electrons. The van der Waals surface area contributed by atoms with Crippen molar-refractivity contribution in [2.24, 2.45) is 11.8 Å². The van der Waals surface area contributed by atoms with Gasteiger partial charge in [-0.15, -0.1) is 0 Å². The van der Waals surface area contributed by atoms with E-state index in [2.05, 4.69) is 25.2 Å². The molecule has 1 saturated heterocycles. The Labute approximate surface area is 61.4 Å². The van der Waals surface area contributed by atoms with E-state index in [0.29, 0.717) is 11.8 Å². The summed E-state index contributed by atoms with van der Waals surface area (Å²) in [6, 6.07) is 0. The SMILES string of the molecule is CC1C=CC=C2COCC21. The quantitative estimate of drug-likeness (QED) is 0.493. The average molecular weight is 136 g/mol. The number of fused-ring (bicyclic) bond motifs is 1. The summed E-state index contributed by atoms with van der Waals surface area (Å²) in [5.41, 5.74) is 1.48. The summed E-state index contributed by atoms with van der Waals surface area (Å²) in [5.74, 6) is 1.37. The lowest BCUT2D eigenvalue weighted by Crippen LogP contribution is -2.13. The van der Waals surface area contributed by atoms with Crippen LogP contribution in [0.5, 0.6) is 0 Å². The first kappa shape index (κ1) is 6.17. The summed E-state index contributed by atoms with van der Waals surface area (Å²) in [6.07, 6.45) is 6.59. The summed E-state index contributed by atoms with van der Waals surface area (Å²) in [5, 5.41) is 0. The Morgan fingerprint density at radius 3 is 3.30 bits per heavy atom. The highest BCUT2D eigenvalue weighted by Crippen LogP contribution is 2.30. The van der Waals surface area contributed by atoms with Gasteiger partial charge in [0, 0.05) is 5.92 Å². The second-order valence-electron chi connectivity index (χ2n) is 3.11. The van der Waals surface area contributed by atoms with Crippen LogP contribution < -0.4 is 0 Å². The molecule has 0 aromatic carbocycles. The Kier molecular flexibility index (Phi) is 1.38. The molecule has 2 atom stereocenters. The molecule has 1 aliphatic carbocycles. The minimum atomic E-state index is 0.683. The first-order chi connectivity index (χ1) is 4.88. The van der Waals surface area contributed by atoms with Gasteiger partial charge in [0.2, 0.25) is 0 Å². The van der Waals surface area contributed by atoms with E-state index >= 15 is 0 Å². The van der Waals surface area contributed by atoms with Crippen molar-refractivity contribution in [3.63, 3.8) is 0 Å². The van der Waals surface area contributed by atoms with E-state index in [1.165, 1.54) is 5.57 Å². The molecule has 0 amide bonds. The van der Waals surface area contributed by atoms with Crippen LogP contribution in [0, 0.1) is 11.8 Å². The van der Waals surface area contributed by atoms with Crippen LogP contribution in [0.1, 0.15) is 6.92 Å². The molecule has 0 bridgehead atoms. The zero-order valence-corrected chi connectivity index (χ0v) is 6.21. The van der Waals surface area contributed by atoms with Crippen molar-refractivity contribution >= 4 is 0 Å². The van der Waals surface area contributed by atoms with Gasteiger partial charge in [-0.25, -0.2) is 0 Å². The topological polar surface area (TPSA) is 9.23 Å². The molecule has 1 aliphatic heterocycles. The summed E-state index contributed by atoms with van der Waals surface area (Å²) >= 11 is 0. The van der Waals surface area contributed by atoms with E-state index in [9.17, 15) is 0 Å². The molecule has 10 heavy (non-hydrogen) atoms. The lowest BCUT2D eigenvalue weighted by Gasteiger charge is -2.17. The normalized spacial score (nSPS) is 37.5. The van der Waals surface area contributed by atoms with Crippen molar-refractivity contribution in [1.29, 1.82) is 0 Å². The average Bonchev–Trinajstić information content (AvgIpc) is 2.36. The zero-order valence-electron chi connectivity index (χ0n) is 6.21. The minimum absolute atomic E-state index is 0.683. The molecule has 1 fully saturated rings. The maximum Gasteiger partial charge on any atom is 0.0683 e. The van der Waals surface area contributed by atoms with E-state index in [1.807, 2.05) is 0 Å². The number of allylic oxidation sites excluding steroid dienone is 3. The minimum Gasteiger partial charge on any atom is -0.376 e. The van der Waals surface area contributed by atoms with Gasteiger partial charge in [0.05, 0.1) is 13.2 Å². The highest BCUT2D eigenvalue weighted by atomic mass is 16.5. The van der Waals surface area contributed by atoms with Gasteiger partial charge >= 0.3 is 0 Å². The summed E-state index contributed by atoms with van der Waals surface area (Å²) in [4.78, 5) is 0. The van der Waals surface area contributed by atoms with Crippen LogP contribution in [-0.2, 0) is 4.74 Å². The number of ether oxygens (including phenoxy) is 1. The summed E-state index contributed by atoms with van der Waals surface area (Å²) in [7, 11) is 0. The molecule has 0 aromatic heterocycles. The van der Waals surface area contributed by atoms with Gasteiger partial charge in [0.25, 0.3) is 0 Å². The maximum absolute atomic E-state index is 5.35. The van der Waals surface area contributed by atoms with Crippen LogP contribution >= 0.6 is 0 Å².